The summed E-state index contributed by atoms with van der Waals surface area (Å²) >= 11 is 0. The molecule has 0 radical (unpaired) electrons. The Kier molecular flexibility index (Phi) is 5.49. The maximum absolute atomic E-state index is 13.6. The minimum Gasteiger partial charge on any atom is -0.454 e. The lowest BCUT2D eigenvalue weighted by atomic mass is 10.1. The van der Waals surface area contributed by atoms with Crippen LogP contribution in [0.2, 0.25) is 0 Å². The number of amides is 1. The van der Waals surface area contributed by atoms with Gasteiger partial charge in [-0.3, -0.25) is 9.48 Å². The molecule has 2 aromatic heterocycles. The van der Waals surface area contributed by atoms with E-state index in [1.165, 1.54) is 12.1 Å². The van der Waals surface area contributed by atoms with E-state index in [0.717, 1.165) is 6.07 Å². The first kappa shape index (κ1) is 20.0. The van der Waals surface area contributed by atoms with Crippen molar-refractivity contribution in [3.05, 3.63) is 65.9 Å². The number of ether oxygens (including phenoxy) is 1. The van der Waals surface area contributed by atoms with Crippen molar-refractivity contribution < 1.29 is 27.1 Å². The lowest BCUT2D eigenvalue weighted by Crippen LogP contribution is -2.36. The molecule has 0 atom stereocenters. The highest BCUT2D eigenvalue weighted by Gasteiger charge is 2.35. The van der Waals surface area contributed by atoms with E-state index in [9.17, 15) is 18.0 Å². The summed E-state index contributed by atoms with van der Waals surface area (Å²) in [5, 5.41) is 6.36. The summed E-state index contributed by atoms with van der Waals surface area (Å²) in [5.74, 6) is -0.378. The Balaban J connectivity index is 1.53. The molecule has 0 aliphatic carbocycles. The molecule has 1 aliphatic heterocycles. The minimum absolute atomic E-state index is 0.0810. The van der Waals surface area contributed by atoms with Crippen molar-refractivity contribution in [1.29, 1.82) is 0 Å². The Morgan fingerprint density at radius 1 is 1.17 bits per heavy atom. The number of alkyl halides is 3. The fourth-order valence-corrected chi connectivity index (χ4v) is 3.22. The van der Waals surface area contributed by atoms with E-state index in [-0.39, 0.29) is 11.4 Å². The molecular formula is C20H19F3N4O3. The monoisotopic (exact) mass is 420 g/mol. The summed E-state index contributed by atoms with van der Waals surface area (Å²) in [6.45, 7) is 2.24. The molecule has 0 bridgehead atoms. The predicted molar refractivity (Wildman–Crippen MR) is 102 cm³/mol. The maximum atomic E-state index is 13.6. The van der Waals surface area contributed by atoms with Gasteiger partial charge in [0.25, 0.3) is 5.91 Å². The van der Waals surface area contributed by atoms with Gasteiger partial charge in [0.05, 0.1) is 31.0 Å². The average Bonchev–Trinajstić information content (AvgIpc) is 3.41. The van der Waals surface area contributed by atoms with E-state index >= 15 is 0 Å². The van der Waals surface area contributed by atoms with Gasteiger partial charge in [-0.2, -0.15) is 18.3 Å². The second-order valence-electron chi connectivity index (χ2n) is 6.75. The van der Waals surface area contributed by atoms with Crippen molar-refractivity contribution in [2.24, 2.45) is 0 Å². The Morgan fingerprint density at radius 3 is 2.67 bits per heavy atom. The van der Waals surface area contributed by atoms with E-state index < -0.39 is 17.6 Å². The number of carbonyl (C=O) groups excluding carboxylic acids is 1. The van der Waals surface area contributed by atoms with Crippen LogP contribution in [0.15, 0.2) is 53.2 Å². The summed E-state index contributed by atoms with van der Waals surface area (Å²) in [6, 6.07) is 8.62. The molecular weight excluding hydrogens is 401 g/mol. The molecule has 30 heavy (non-hydrogen) atoms. The Labute approximate surface area is 170 Å². The molecule has 1 aromatic carbocycles. The van der Waals surface area contributed by atoms with E-state index in [1.54, 1.807) is 35.3 Å². The molecule has 10 heteroatoms. The third-order valence-electron chi connectivity index (χ3n) is 4.70. The zero-order valence-electron chi connectivity index (χ0n) is 15.9. The number of halogens is 3. The van der Waals surface area contributed by atoms with Gasteiger partial charge in [0.2, 0.25) is 0 Å². The van der Waals surface area contributed by atoms with Gasteiger partial charge in [-0.1, -0.05) is 0 Å². The predicted octanol–water partition coefficient (Wildman–Crippen LogP) is 3.63. The summed E-state index contributed by atoms with van der Waals surface area (Å²) < 4.78 is 53.2. The van der Waals surface area contributed by atoms with Crippen LogP contribution in [0.25, 0.3) is 0 Å². The molecule has 3 heterocycles. The molecule has 0 unspecified atom stereocenters. The first-order chi connectivity index (χ1) is 14.4. The number of furan rings is 1. The van der Waals surface area contributed by atoms with E-state index in [0.29, 0.717) is 44.3 Å². The van der Waals surface area contributed by atoms with Crippen LogP contribution in [-0.2, 0) is 17.5 Å². The second-order valence-corrected chi connectivity index (χ2v) is 6.75. The first-order valence-electron chi connectivity index (χ1n) is 9.31. The Hall–Kier alpha value is -3.27. The molecule has 0 spiro atoms. The van der Waals surface area contributed by atoms with E-state index in [4.69, 9.17) is 9.15 Å². The SMILES string of the molecule is O=C(Nc1ccc(N2CCOCC2)cc1C(F)(F)F)c1ccc(Cn2cccn2)o1. The fourth-order valence-electron chi connectivity index (χ4n) is 3.22. The highest BCUT2D eigenvalue weighted by molar-refractivity contribution is 6.02. The highest BCUT2D eigenvalue weighted by atomic mass is 19.4. The average molecular weight is 420 g/mol. The molecule has 1 N–H and O–H groups in total. The standard InChI is InChI=1S/C20H19F3N4O3/c21-20(22,23)16-12-14(26-8-10-29-11-9-26)2-4-17(16)25-19(28)18-5-3-15(30-18)13-27-7-1-6-24-27/h1-7,12H,8-11,13H2,(H,25,28). The lowest BCUT2D eigenvalue weighted by molar-refractivity contribution is -0.136. The van der Waals surface area contributed by atoms with Crippen LogP contribution in [0.4, 0.5) is 24.5 Å². The van der Waals surface area contributed by atoms with E-state index in [2.05, 4.69) is 10.4 Å². The van der Waals surface area contributed by atoms with Crippen LogP contribution in [-0.4, -0.2) is 42.0 Å². The minimum atomic E-state index is -4.63. The summed E-state index contributed by atoms with van der Waals surface area (Å²) in [5.41, 5.74) is -0.805. The van der Waals surface area contributed by atoms with Crippen LogP contribution >= 0.6 is 0 Å². The maximum Gasteiger partial charge on any atom is 0.418 e. The van der Waals surface area contributed by atoms with Crippen LogP contribution in [0, 0.1) is 0 Å². The quantitative estimate of drug-likeness (QED) is 0.683. The third kappa shape index (κ3) is 4.48. The first-order valence-corrected chi connectivity index (χ1v) is 9.31. The molecule has 3 aromatic rings. The zero-order chi connectivity index (χ0) is 21.1. The highest BCUT2D eigenvalue weighted by Crippen LogP contribution is 2.37. The van der Waals surface area contributed by atoms with Crippen molar-refractivity contribution >= 4 is 17.3 Å². The number of nitrogens with one attached hydrogen (secondary N) is 1. The number of aromatic nitrogens is 2. The summed E-state index contributed by atoms with van der Waals surface area (Å²) in [4.78, 5) is 14.3. The number of morpholine rings is 1. The van der Waals surface area contributed by atoms with Gasteiger partial charge in [0.15, 0.2) is 5.76 Å². The van der Waals surface area contributed by atoms with Gasteiger partial charge in [0, 0.05) is 31.2 Å². The van der Waals surface area contributed by atoms with Crippen LogP contribution in [0.3, 0.4) is 0 Å². The van der Waals surface area contributed by atoms with E-state index in [1.807, 2.05) is 4.90 Å². The van der Waals surface area contributed by atoms with Crippen molar-refractivity contribution in [1.82, 2.24) is 9.78 Å². The van der Waals surface area contributed by atoms with Crippen molar-refractivity contribution in [2.75, 3.05) is 36.5 Å². The van der Waals surface area contributed by atoms with Gasteiger partial charge in [-0.15, -0.1) is 0 Å². The third-order valence-corrected chi connectivity index (χ3v) is 4.70. The van der Waals surface area contributed by atoms with Crippen LogP contribution < -0.4 is 10.2 Å². The van der Waals surface area contributed by atoms with Gasteiger partial charge in [0.1, 0.15) is 5.76 Å². The zero-order valence-corrected chi connectivity index (χ0v) is 15.9. The lowest BCUT2D eigenvalue weighted by Gasteiger charge is -2.29. The molecule has 1 saturated heterocycles. The van der Waals surface area contributed by atoms with Gasteiger partial charge < -0.3 is 19.4 Å². The van der Waals surface area contributed by atoms with Crippen LogP contribution in [0.5, 0.6) is 0 Å². The number of anilines is 2. The number of nitrogens with zero attached hydrogens (tertiary/aromatic N) is 3. The second kappa shape index (κ2) is 8.23. The number of rotatable bonds is 5. The number of hydrogen-bond acceptors (Lipinski definition) is 5. The van der Waals surface area contributed by atoms with Gasteiger partial charge >= 0.3 is 6.18 Å². The van der Waals surface area contributed by atoms with Crippen molar-refractivity contribution in [3.63, 3.8) is 0 Å². The molecule has 4 rings (SSSR count). The Bertz CT molecular complexity index is 1010. The molecule has 158 valence electrons. The molecule has 0 saturated carbocycles. The topological polar surface area (TPSA) is 72.5 Å². The number of carbonyl (C=O) groups is 1. The van der Waals surface area contributed by atoms with Gasteiger partial charge in [-0.05, 0) is 36.4 Å². The smallest absolute Gasteiger partial charge is 0.418 e. The van der Waals surface area contributed by atoms with Gasteiger partial charge in [-0.25, -0.2) is 0 Å². The van der Waals surface area contributed by atoms with Crippen LogP contribution in [0.1, 0.15) is 21.9 Å². The molecule has 1 fully saturated rings. The summed E-state index contributed by atoms with van der Waals surface area (Å²) in [7, 11) is 0. The summed E-state index contributed by atoms with van der Waals surface area (Å²) in [6.07, 6.45) is -1.29. The normalized spacial score (nSPS) is 14.7. The number of hydrogen-bond donors (Lipinski definition) is 1. The van der Waals surface area contributed by atoms with Crippen molar-refractivity contribution in [3.8, 4) is 0 Å². The largest absolute Gasteiger partial charge is 0.454 e. The molecule has 1 aliphatic rings. The number of benzene rings is 1. The Morgan fingerprint density at radius 2 is 1.97 bits per heavy atom. The molecule has 7 nitrogen and oxygen atoms in total. The van der Waals surface area contributed by atoms with Crippen molar-refractivity contribution in [2.45, 2.75) is 12.7 Å². The fraction of sp³-hybridized carbons (Fsp3) is 0.300. The molecule has 1 amide bonds.